The molecule has 3 fully saturated rings. The van der Waals surface area contributed by atoms with Crippen molar-refractivity contribution in [2.24, 2.45) is 0 Å². The molecule has 4 rings (SSSR count). The van der Waals surface area contributed by atoms with Crippen LogP contribution in [0.5, 0.6) is 0 Å². The monoisotopic (exact) mass is 315 g/mol. The number of carbonyl (C=O) groups excluding carboxylic acids is 1. The van der Waals surface area contributed by atoms with Gasteiger partial charge in [0.05, 0.1) is 4.92 Å². The minimum atomic E-state index is -0.451. The van der Waals surface area contributed by atoms with E-state index in [9.17, 15) is 14.9 Å². The van der Waals surface area contributed by atoms with E-state index in [0.29, 0.717) is 17.6 Å². The Balaban J connectivity index is 1.38. The van der Waals surface area contributed by atoms with Crippen LogP contribution in [0.1, 0.15) is 48.9 Å². The Kier molecular flexibility index (Phi) is 3.56. The zero-order valence-corrected chi connectivity index (χ0v) is 13.0. The van der Waals surface area contributed by atoms with Gasteiger partial charge in [0, 0.05) is 41.9 Å². The fourth-order valence-corrected chi connectivity index (χ4v) is 4.30. The number of nitro benzene ring substituents is 1. The molecule has 23 heavy (non-hydrogen) atoms. The molecule has 2 unspecified atom stereocenters. The van der Waals surface area contributed by atoms with Gasteiger partial charge in [-0.15, -0.1) is 0 Å². The van der Waals surface area contributed by atoms with Gasteiger partial charge in [0.25, 0.3) is 11.6 Å². The predicted molar refractivity (Wildman–Crippen MR) is 85.3 cm³/mol. The van der Waals surface area contributed by atoms with Gasteiger partial charge in [-0.2, -0.15) is 0 Å². The van der Waals surface area contributed by atoms with E-state index in [1.165, 1.54) is 49.9 Å². The maximum absolute atomic E-state index is 12.4. The van der Waals surface area contributed by atoms with Crippen molar-refractivity contribution in [1.29, 1.82) is 0 Å². The molecule has 2 saturated heterocycles. The largest absolute Gasteiger partial charge is 0.349 e. The zero-order chi connectivity index (χ0) is 16.0. The lowest BCUT2D eigenvalue weighted by Gasteiger charge is -2.39. The lowest BCUT2D eigenvalue weighted by Crippen LogP contribution is -2.51. The average molecular weight is 315 g/mol. The molecule has 122 valence electrons. The maximum atomic E-state index is 12.4. The second-order valence-electron chi connectivity index (χ2n) is 7.01. The highest BCUT2D eigenvalue weighted by atomic mass is 16.6. The number of hydrogen-bond donors (Lipinski definition) is 1. The highest BCUT2D eigenvalue weighted by Gasteiger charge is 2.47. The summed E-state index contributed by atoms with van der Waals surface area (Å²) >= 11 is 0. The van der Waals surface area contributed by atoms with E-state index in [1.54, 1.807) is 0 Å². The predicted octanol–water partition coefficient (Wildman–Crippen LogP) is 2.48. The molecule has 1 aromatic rings. The molecule has 0 spiro atoms. The second-order valence-corrected chi connectivity index (χ2v) is 7.01. The summed E-state index contributed by atoms with van der Waals surface area (Å²) in [6.45, 7) is 0. The summed E-state index contributed by atoms with van der Waals surface area (Å²) in [6, 6.07) is 8.11. The van der Waals surface area contributed by atoms with Gasteiger partial charge in [-0.3, -0.25) is 19.8 Å². The van der Waals surface area contributed by atoms with Gasteiger partial charge in [-0.1, -0.05) is 0 Å². The summed E-state index contributed by atoms with van der Waals surface area (Å²) in [5.74, 6) is -0.121. The third-order valence-corrected chi connectivity index (χ3v) is 5.43. The molecule has 0 radical (unpaired) electrons. The summed E-state index contributed by atoms with van der Waals surface area (Å²) in [4.78, 5) is 25.3. The Hall–Kier alpha value is -1.95. The first-order valence-electron chi connectivity index (χ1n) is 8.44. The van der Waals surface area contributed by atoms with Crippen LogP contribution in [0.2, 0.25) is 0 Å². The summed E-state index contributed by atoms with van der Waals surface area (Å²) in [6.07, 6.45) is 7.26. The van der Waals surface area contributed by atoms with Crippen molar-refractivity contribution in [2.75, 3.05) is 0 Å². The molecule has 3 aliphatic rings. The third kappa shape index (κ3) is 2.83. The molecule has 1 aromatic carbocycles. The number of non-ortho nitro benzene ring substituents is 1. The van der Waals surface area contributed by atoms with Crippen molar-refractivity contribution in [3.63, 3.8) is 0 Å². The molecule has 6 heteroatoms. The first-order valence-corrected chi connectivity index (χ1v) is 8.44. The Bertz CT molecular complexity index is 612. The van der Waals surface area contributed by atoms with Crippen LogP contribution in [0.15, 0.2) is 24.3 Å². The lowest BCUT2D eigenvalue weighted by molar-refractivity contribution is -0.384. The second kappa shape index (κ2) is 5.60. The van der Waals surface area contributed by atoms with E-state index < -0.39 is 4.92 Å². The van der Waals surface area contributed by atoms with Crippen molar-refractivity contribution in [2.45, 2.75) is 62.7 Å². The van der Waals surface area contributed by atoms with Crippen molar-refractivity contribution in [1.82, 2.24) is 10.2 Å². The van der Waals surface area contributed by atoms with Crippen LogP contribution < -0.4 is 5.32 Å². The number of rotatable bonds is 4. The smallest absolute Gasteiger partial charge is 0.269 e. The standard InChI is InChI=1S/C17H21N3O3/c21-17(11-1-3-14(4-2-11)20(22)23)18-12-9-15-7-8-16(10-12)19(15)13-5-6-13/h1-4,12-13,15-16H,5-10H2,(H,18,21). The molecule has 6 nitrogen and oxygen atoms in total. The normalized spacial score (nSPS) is 30.2. The van der Waals surface area contributed by atoms with Gasteiger partial charge in [0.2, 0.25) is 0 Å². The zero-order valence-electron chi connectivity index (χ0n) is 13.0. The molecule has 1 aliphatic carbocycles. The SMILES string of the molecule is O=C(NC1CC2CCC(C1)N2C1CC1)c1ccc([N+](=O)[O-])cc1. The molecule has 2 heterocycles. The number of fused-ring (bicyclic) bond motifs is 2. The summed E-state index contributed by atoms with van der Waals surface area (Å²) in [5, 5.41) is 13.8. The van der Waals surface area contributed by atoms with Crippen molar-refractivity contribution >= 4 is 11.6 Å². The number of carbonyl (C=O) groups is 1. The molecule has 1 amide bonds. The van der Waals surface area contributed by atoms with Crippen molar-refractivity contribution in [3.8, 4) is 0 Å². The Morgan fingerprint density at radius 2 is 1.61 bits per heavy atom. The van der Waals surface area contributed by atoms with E-state index in [1.807, 2.05) is 0 Å². The van der Waals surface area contributed by atoms with Gasteiger partial charge < -0.3 is 5.32 Å². The summed E-state index contributed by atoms with van der Waals surface area (Å²) < 4.78 is 0. The van der Waals surface area contributed by atoms with Crippen LogP contribution in [0.3, 0.4) is 0 Å². The van der Waals surface area contributed by atoms with Crippen LogP contribution >= 0.6 is 0 Å². The molecule has 1 saturated carbocycles. The molecule has 1 N–H and O–H groups in total. The number of benzene rings is 1. The molecule has 2 bridgehead atoms. The maximum Gasteiger partial charge on any atom is 0.269 e. The summed E-state index contributed by atoms with van der Waals surface area (Å²) in [5.41, 5.74) is 0.505. The van der Waals surface area contributed by atoms with Gasteiger partial charge in [0.15, 0.2) is 0 Å². The number of nitro groups is 1. The van der Waals surface area contributed by atoms with Gasteiger partial charge in [-0.25, -0.2) is 0 Å². The lowest BCUT2D eigenvalue weighted by atomic mass is 9.96. The highest BCUT2D eigenvalue weighted by Crippen LogP contribution is 2.43. The highest BCUT2D eigenvalue weighted by molar-refractivity contribution is 5.94. The third-order valence-electron chi connectivity index (χ3n) is 5.43. The fraction of sp³-hybridized carbons (Fsp3) is 0.588. The number of piperidine rings is 1. The minimum absolute atomic E-state index is 0.0114. The van der Waals surface area contributed by atoms with Gasteiger partial charge in [0.1, 0.15) is 0 Å². The van der Waals surface area contributed by atoms with E-state index in [2.05, 4.69) is 10.2 Å². The van der Waals surface area contributed by atoms with Crippen LogP contribution in [-0.2, 0) is 0 Å². The topological polar surface area (TPSA) is 75.5 Å². The molecule has 0 aromatic heterocycles. The molecular formula is C17H21N3O3. The van der Waals surface area contributed by atoms with E-state index in [0.717, 1.165) is 18.9 Å². The van der Waals surface area contributed by atoms with Crippen LogP contribution in [-0.4, -0.2) is 39.9 Å². The Labute approximate surface area is 135 Å². The molecule has 2 atom stereocenters. The Morgan fingerprint density at radius 3 is 2.13 bits per heavy atom. The van der Waals surface area contributed by atoms with Crippen molar-refractivity contribution < 1.29 is 9.72 Å². The van der Waals surface area contributed by atoms with Crippen LogP contribution in [0, 0.1) is 10.1 Å². The Morgan fingerprint density at radius 1 is 1.04 bits per heavy atom. The first kappa shape index (κ1) is 14.6. The molecular weight excluding hydrogens is 294 g/mol. The minimum Gasteiger partial charge on any atom is -0.349 e. The van der Waals surface area contributed by atoms with Crippen molar-refractivity contribution in [3.05, 3.63) is 39.9 Å². The summed E-state index contributed by atoms with van der Waals surface area (Å²) in [7, 11) is 0. The van der Waals surface area contributed by atoms with E-state index in [-0.39, 0.29) is 17.6 Å². The van der Waals surface area contributed by atoms with Gasteiger partial charge >= 0.3 is 0 Å². The average Bonchev–Trinajstić information content (AvgIpc) is 3.34. The quantitative estimate of drug-likeness (QED) is 0.684. The number of amides is 1. The first-order chi connectivity index (χ1) is 11.1. The number of hydrogen-bond acceptors (Lipinski definition) is 4. The molecule has 2 aliphatic heterocycles. The van der Waals surface area contributed by atoms with E-state index in [4.69, 9.17) is 0 Å². The number of nitrogens with one attached hydrogen (secondary N) is 1. The number of nitrogens with zero attached hydrogens (tertiary/aromatic N) is 2. The van der Waals surface area contributed by atoms with Crippen LogP contribution in [0.25, 0.3) is 0 Å². The van der Waals surface area contributed by atoms with Gasteiger partial charge in [-0.05, 0) is 50.7 Å². The fourth-order valence-electron chi connectivity index (χ4n) is 4.30. The van der Waals surface area contributed by atoms with E-state index >= 15 is 0 Å². The van der Waals surface area contributed by atoms with Crippen LogP contribution in [0.4, 0.5) is 5.69 Å².